The summed E-state index contributed by atoms with van der Waals surface area (Å²) in [5.41, 5.74) is 4.13. The molecule has 0 radical (unpaired) electrons. The van der Waals surface area contributed by atoms with Crippen molar-refractivity contribution < 1.29 is 14.3 Å². The molecule has 1 aromatic rings. The summed E-state index contributed by atoms with van der Waals surface area (Å²) in [7, 11) is 1.38. The van der Waals surface area contributed by atoms with E-state index >= 15 is 0 Å². The van der Waals surface area contributed by atoms with E-state index in [0.29, 0.717) is 12.0 Å². The van der Waals surface area contributed by atoms with Crippen LogP contribution < -0.4 is 5.32 Å². The molecule has 0 amide bonds. The zero-order valence-corrected chi connectivity index (χ0v) is 15.5. The Balaban J connectivity index is 2.20. The van der Waals surface area contributed by atoms with Gasteiger partial charge in [0, 0.05) is 23.7 Å². The van der Waals surface area contributed by atoms with Crippen LogP contribution in [-0.4, -0.2) is 18.9 Å². The summed E-state index contributed by atoms with van der Waals surface area (Å²) in [5, 5.41) is 3.30. The normalized spacial score (nSPS) is 25.0. The Morgan fingerprint density at radius 1 is 1.16 bits per heavy atom. The molecule has 0 spiro atoms. The smallest absolute Gasteiger partial charge is 0.336 e. The minimum absolute atomic E-state index is 0.162. The molecule has 4 nitrogen and oxygen atoms in total. The molecule has 1 aromatic carbocycles. The summed E-state index contributed by atoms with van der Waals surface area (Å²) < 4.78 is 5.02. The quantitative estimate of drug-likeness (QED) is 0.836. The summed E-state index contributed by atoms with van der Waals surface area (Å²) >= 11 is 0. The fourth-order valence-electron chi connectivity index (χ4n) is 3.98. The second kappa shape index (κ2) is 6.17. The number of benzene rings is 1. The number of hydrogen-bond acceptors (Lipinski definition) is 4. The van der Waals surface area contributed by atoms with Gasteiger partial charge in [0.25, 0.3) is 0 Å². The van der Waals surface area contributed by atoms with Gasteiger partial charge in [0.15, 0.2) is 0 Å². The highest BCUT2D eigenvalue weighted by Crippen LogP contribution is 2.46. The van der Waals surface area contributed by atoms with Crippen LogP contribution in [0.4, 0.5) is 0 Å². The highest BCUT2D eigenvalue weighted by atomic mass is 16.5. The van der Waals surface area contributed by atoms with Gasteiger partial charge in [-0.1, -0.05) is 49.8 Å². The number of nitrogens with one attached hydrogen (secondary N) is 1. The highest BCUT2D eigenvalue weighted by molar-refractivity contribution is 5.96. The molecule has 0 saturated carbocycles. The first kappa shape index (κ1) is 17.5. The maximum Gasteiger partial charge on any atom is 0.336 e. The molecule has 1 N–H and O–H groups in total. The van der Waals surface area contributed by atoms with Gasteiger partial charge in [0.05, 0.1) is 18.6 Å². The molecule has 2 atom stereocenters. The first-order valence-electron chi connectivity index (χ1n) is 8.61. The van der Waals surface area contributed by atoms with Crippen molar-refractivity contribution in [1.82, 2.24) is 5.32 Å². The third-order valence-electron chi connectivity index (χ3n) is 5.08. The third kappa shape index (κ3) is 3.13. The molecule has 4 heteroatoms. The lowest BCUT2D eigenvalue weighted by Gasteiger charge is -2.41. The summed E-state index contributed by atoms with van der Waals surface area (Å²) in [6.07, 6.45) is 2.61. The number of ether oxygens (including phenoxy) is 1. The summed E-state index contributed by atoms with van der Waals surface area (Å²) in [5.74, 6) is -0.903. The van der Waals surface area contributed by atoms with Crippen LogP contribution in [0.2, 0.25) is 0 Å². The average Bonchev–Trinajstić information content (AvgIpc) is 2.52. The Kier molecular flexibility index (Phi) is 4.31. The molecule has 25 heavy (non-hydrogen) atoms. The molecular weight excluding hydrogens is 314 g/mol. The minimum Gasteiger partial charge on any atom is -0.466 e. The highest BCUT2D eigenvalue weighted by Gasteiger charge is 2.46. The van der Waals surface area contributed by atoms with Crippen molar-refractivity contribution >= 4 is 11.8 Å². The number of allylic oxidation sites excluding steroid dienone is 3. The number of fused-ring (bicyclic) bond motifs is 1. The number of hydrogen-bond donors (Lipinski definition) is 1. The molecule has 0 saturated heterocycles. The summed E-state index contributed by atoms with van der Waals surface area (Å²) in [6.45, 7) is 8.02. The van der Waals surface area contributed by atoms with Gasteiger partial charge in [0.2, 0.25) is 0 Å². The van der Waals surface area contributed by atoms with E-state index in [0.717, 1.165) is 22.5 Å². The van der Waals surface area contributed by atoms with Crippen LogP contribution in [0, 0.1) is 18.3 Å². The maximum atomic E-state index is 13.0. The van der Waals surface area contributed by atoms with Crippen LogP contribution >= 0.6 is 0 Å². The van der Waals surface area contributed by atoms with Crippen LogP contribution in [0.25, 0.3) is 0 Å². The van der Waals surface area contributed by atoms with Gasteiger partial charge in [-0.15, -0.1) is 0 Å². The summed E-state index contributed by atoms with van der Waals surface area (Å²) in [4.78, 5) is 25.5. The van der Waals surface area contributed by atoms with Gasteiger partial charge in [0.1, 0.15) is 5.78 Å². The number of Topliss-reactive ketones (excluding diaryl/α,β-unsaturated/α-hetero) is 1. The zero-order chi connectivity index (χ0) is 18.4. The Hall–Kier alpha value is -2.36. The largest absolute Gasteiger partial charge is 0.466 e. The van der Waals surface area contributed by atoms with Gasteiger partial charge < -0.3 is 10.1 Å². The first-order valence-corrected chi connectivity index (χ1v) is 8.61. The Bertz CT molecular complexity index is 784. The second-order valence-corrected chi connectivity index (χ2v) is 7.75. The standard InChI is InChI=1S/C21H25NO3/c1-12-6-8-14(9-7-12)18-17(20(24)25-5)13(2)22-15-10-21(3,4)11-16(23)19(15)18/h6-10,18-19,22H,11H2,1-5H3. The molecule has 0 aromatic heterocycles. The maximum absolute atomic E-state index is 13.0. The van der Waals surface area contributed by atoms with Gasteiger partial charge in [-0.25, -0.2) is 4.79 Å². The average molecular weight is 339 g/mol. The second-order valence-electron chi connectivity index (χ2n) is 7.75. The molecule has 1 heterocycles. The fourth-order valence-corrected chi connectivity index (χ4v) is 3.98. The van der Waals surface area contributed by atoms with Crippen LogP contribution in [0.5, 0.6) is 0 Å². The van der Waals surface area contributed by atoms with Gasteiger partial charge in [-0.2, -0.15) is 0 Å². The van der Waals surface area contributed by atoms with E-state index in [1.165, 1.54) is 7.11 Å². The zero-order valence-electron chi connectivity index (χ0n) is 15.5. The number of carbonyl (C=O) groups is 2. The lowest BCUT2D eigenvalue weighted by atomic mass is 9.66. The van der Waals surface area contributed by atoms with Gasteiger partial charge in [-0.05, 0) is 24.8 Å². The summed E-state index contributed by atoms with van der Waals surface area (Å²) in [6, 6.07) is 8.04. The Morgan fingerprint density at radius 2 is 1.80 bits per heavy atom. The van der Waals surface area contributed by atoms with E-state index in [1.54, 1.807) is 0 Å². The lowest BCUT2D eigenvalue weighted by Crippen LogP contribution is -2.43. The van der Waals surface area contributed by atoms with E-state index in [1.807, 2.05) is 38.1 Å². The van der Waals surface area contributed by atoms with Crippen molar-refractivity contribution in [3.05, 3.63) is 58.4 Å². The number of carbonyl (C=O) groups excluding carboxylic acids is 2. The predicted molar refractivity (Wildman–Crippen MR) is 96.7 cm³/mol. The monoisotopic (exact) mass is 339 g/mol. The number of methoxy groups -OCH3 is 1. The van der Waals surface area contributed by atoms with Crippen molar-refractivity contribution in [2.24, 2.45) is 11.3 Å². The van der Waals surface area contributed by atoms with E-state index in [2.05, 4.69) is 25.2 Å². The van der Waals surface area contributed by atoms with Crippen molar-refractivity contribution in [3.8, 4) is 0 Å². The van der Waals surface area contributed by atoms with Crippen LogP contribution in [0.3, 0.4) is 0 Å². The molecule has 2 aliphatic rings. The molecule has 0 bridgehead atoms. The van der Waals surface area contributed by atoms with Crippen LogP contribution in [0.15, 0.2) is 47.3 Å². The van der Waals surface area contributed by atoms with Crippen molar-refractivity contribution in [2.45, 2.75) is 40.0 Å². The SMILES string of the molecule is COC(=O)C1=C(C)NC2=CC(C)(C)CC(=O)C2C1c1ccc(C)cc1. The Labute approximate surface area is 149 Å². The predicted octanol–water partition coefficient (Wildman–Crippen LogP) is 3.63. The molecule has 3 rings (SSSR count). The van der Waals surface area contributed by atoms with Gasteiger partial charge >= 0.3 is 5.97 Å². The number of esters is 1. The minimum atomic E-state index is -0.382. The molecule has 132 valence electrons. The Morgan fingerprint density at radius 3 is 2.40 bits per heavy atom. The lowest BCUT2D eigenvalue weighted by molar-refractivity contribution is -0.136. The van der Waals surface area contributed by atoms with Crippen molar-refractivity contribution in [2.75, 3.05) is 7.11 Å². The third-order valence-corrected chi connectivity index (χ3v) is 5.08. The van der Waals surface area contributed by atoms with Gasteiger partial charge in [-0.3, -0.25) is 4.79 Å². The van der Waals surface area contributed by atoms with E-state index < -0.39 is 0 Å². The van der Waals surface area contributed by atoms with Crippen LogP contribution in [-0.2, 0) is 14.3 Å². The van der Waals surface area contributed by atoms with Crippen molar-refractivity contribution in [1.29, 1.82) is 0 Å². The topological polar surface area (TPSA) is 55.4 Å². The molecule has 1 aliphatic carbocycles. The number of aryl methyl sites for hydroxylation is 1. The fraction of sp³-hybridized carbons (Fsp3) is 0.429. The molecule has 1 aliphatic heterocycles. The van der Waals surface area contributed by atoms with E-state index in [4.69, 9.17) is 4.74 Å². The number of rotatable bonds is 2. The van der Waals surface area contributed by atoms with E-state index in [-0.39, 0.29) is 29.0 Å². The molecular formula is C21H25NO3. The number of ketones is 1. The molecule has 2 unspecified atom stereocenters. The van der Waals surface area contributed by atoms with Crippen LogP contribution in [0.1, 0.15) is 44.2 Å². The molecule has 0 fully saturated rings. The van der Waals surface area contributed by atoms with Crippen molar-refractivity contribution in [3.63, 3.8) is 0 Å². The van der Waals surface area contributed by atoms with E-state index in [9.17, 15) is 9.59 Å². The first-order chi connectivity index (χ1) is 11.7.